The van der Waals surface area contributed by atoms with Gasteiger partial charge in [0.2, 0.25) is 11.8 Å². The van der Waals surface area contributed by atoms with Crippen LogP contribution in [0.5, 0.6) is 5.88 Å². The van der Waals surface area contributed by atoms with Crippen molar-refractivity contribution in [1.82, 2.24) is 9.97 Å². The number of aromatic nitrogens is 2. The molecule has 2 N–H and O–H groups in total. The summed E-state index contributed by atoms with van der Waals surface area (Å²) < 4.78 is 5.11. The van der Waals surface area contributed by atoms with E-state index in [9.17, 15) is 0 Å². The fraction of sp³-hybridized carbons (Fsp3) is 0.333. The Balaban J connectivity index is 2.24. The molecule has 0 radical (unpaired) electrons. The first-order chi connectivity index (χ1) is 8.72. The number of hydrogen-bond donors (Lipinski definition) is 1. The Morgan fingerprint density at radius 2 is 2.28 bits per heavy atom. The molecule has 0 atom stereocenters. The third-order valence-corrected chi connectivity index (χ3v) is 3.41. The molecular weight excluding hydrogens is 248 g/mol. The minimum Gasteiger partial charge on any atom is -0.481 e. The SMILES string of the molecule is CCN(Cc1cccs1)c1cc(OC)nc(N)n1. The van der Waals surface area contributed by atoms with Gasteiger partial charge in [0.15, 0.2) is 0 Å². The Kier molecular flexibility index (Phi) is 3.99. The molecule has 0 aromatic carbocycles. The van der Waals surface area contributed by atoms with Crippen LogP contribution in [0, 0.1) is 0 Å². The van der Waals surface area contributed by atoms with Crippen LogP contribution >= 0.6 is 11.3 Å². The van der Waals surface area contributed by atoms with E-state index in [4.69, 9.17) is 10.5 Å². The molecule has 0 aliphatic heterocycles. The molecular formula is C12H16N4OS. The van der Waals surface area contributed by atoms with Crippen LogP contribution in [0.4, 0.5) is 11.8 Å². The Morgan fingerprint density at radius 1 is 1.44 bits per heavy atom. The number of anilines is 2. The molecule has 2 aromatic heterocycles. The molecule has 0 bridgehead atoms. The lowest BCUT2D eigenvalue weighted by Gasteiger charge is -2.21. The zero-order chi connectivity index (χ0) is 13.0. The van der Waals surface area contributed by atoms with Crippen LogP contribution in [-0.2, 0) is 6.54 Å². The minimum atomic E-state index is 0.231. The van der Waals surface area contributed by atoms with Crippen LogP contribution in [-0.4, -0.2) is 23.6 Å². The fourth-order valence-electron chi connectivity index (χ4n) is 1.64. The van der Waals surface area contributed by atoms with E-state index in [1.165, 1.54) is 4.88 Å². The van der Waals surface area contributed by atoms with Gasteiger partial charge in [-0.25, -0.2) is 0 Å². The number of rotatable bonds is 5. The summed E-state index contributed by atoms with van der Waals surface area (Å²) in [4.78, 5) is 11.7. The number of ether oxygens (including phenoxy) is 1. The molecule has 0 amide bonds. The van der Waals surface area contributed by atoms with Gasteiger partial charge in [-0.05, 0) is 18.4 Å². The van der Waals surface area contributed by atoms with Gasteiger partial charge in [-0.15, -0.1) is 11.3 Å². The summed E-state index contributed by atoms with van der Waals surface area (Å²) >= 11 is 1.73. The maximum atomic E-state index is 5.67. The summed E-state index contributed by atoms with van der Waals surface area (Å²) in [6, 6.07) is 5.95. The van der Waals surface area contributed by atoms with Gasteiger partial charge in [-0.3, -0.25) is 0 Å². The Hall–Kier alpha value is -1.82. The average Bonchev–Trinajstić information content (AvgIpc) is 2.88. The lowest BCUT2D eigenvalue weighted by Crippen LogP contribution is -2.23. The molecule has 0 unspecified atom stereocenters. The van der Waals surface area contributed by atoms with Gasteiger partial charge < -0.3 is 15.4 Å². The van der Waals surface area contributed by atoms with E-state index in [2.05, 4.69) is 33.2 Å². The third-order valence-electron chi connectivity index (χ3n) is 2.55. The first-order valence-corrected chi connectivity index (χ1v) is 6.56. The molecule has 2 rings (SSSR count). The quantitative estimate of drug-likeness (QED) is 0.896. The van der Waals surface area contributed by atoms with Gasteiger partial charge >= 0.3 is 0 Å². The zero-order valence-corrected chi connectivity index (χ0v) is 11.3. The van der Waals surface area contributed by atoms with Crippen LogP contribution in [0.3, 0.4) is 0 Å². The molecule has 18 heavy (non-hydrogen) atoms. The number of thiophene rings is 1. The van der Waals surface area contributed by atoms with E-state index in [0.29, 0.717) is 5.88 Å². The lowest BCUT2D eigenvalue weighted by molar-refractivity contribution is 0.397. The second-order valence-electron chi connectivity index (χ2n) is 3.72. The molecule has 0 saturated carbocycles. The van der Waals surface area contributed by atoms with Crippen molar-refractivity contribution in [3.05, 3.63) is 28.5 Å². The van der Waals surface area contributed by atoms with E-state index in [0.717, 1.165) is 18.9 Å². The highest BCUT2D eigenvalue weighted by molar-refractivity contribution is 7.09. The number of nitrogens with two attached hydrogens (primary N) is 1. The molecule has 5 nitrogen and oxygen atoms in total. The van der Waals surface area contributed by atoms with E-state index < -0.39 is 0 Å². The molecule has 2 heterocycles. The minimum absolute atomic E-state index is 0.231. The zero-order valence-electron chi connectivity index (χ0n) is 10.5. The Bertz CT molecular complexity index is 501. The van der Waals surface area contributed by atoms with Crippen LogP contribution in [0.15, 0.2) is 23.6 Å². The van der Waals surface area contributed by atoms with Crippen LogP contribution in [0.25, 0.3) is 0 Å². The predicted molar refractivity (Wildman–Crippen MR) is 74.0 cm³/mol. The normalized spacial score (nSPS) is 10.3. The first kappa shape index (κ1) is 12.6. The Labute approximate surface area is 110 Å². The van der Waals surface area contributed by atoms with Crippen LogP contribution < -0.4 is 15.4 Å². The van der Waals surface area contributed by atoms with Gasteiger partial charge in [0.25, 0.3) is 0 Å². The van der Waals surface area contributed by atoms with Crippen molar-refractivity contribution >= 4 is 23.1 Å². The highest BCUT2D eigenvalue weighted by Crippen LogP contribution is 2.21. The molecule has 0 fully saturated rings. The molecule has 6 heteroatoms. The second kappa shape index (κ2) is 5.68. The highest BCUT2D eigenvalue weighted by Gasteiger charge is 2.10. The summed E-state index contributed by atoms with van der Waals surface area (Å²) in [5, 5.41) is 2.07. The number of nitrogens with zero attached hydrogens (tertiary/aromatic N) is 3. The second-order valence-corrected chi connectivity index (χ2v) is 4.75. The van der Waals surface area contributed by atoms with Crippen molar-refractivity contribution in [2.45, 2.75) is 13.5 Å². The van der Waals surface area contributed by atoms with Crippen molar-refractivity contribution in [3.8, 4) is 5.88 Å². The van der Waals surface area contributed by atoms with E-state index in [1.807, 2.05) is 6.07 Å². The van der Waals surface area contributed by atoms with Crippen molar-refractivity contribution < 1.29 is 4.74 Å². The predicted octanol–water partition coefficient (Wildman–Crippen LogP) is 2.16. The third kappa shape index (κ3) is 2.89. The van der Waals surface area contributed by atoms with Gasteiger partial charge in [0.05, 0.1) is 13.7 Å². The van der Waals surface area contributed by atoms with Crippen molar-refractivity contribution in [2.24, 2.45) is 0 Å². The highest BCUT2D eigenvalue weighted by atomic mass is 32.1. The molecule has 2 aromatic rings. The molecule has 0 saturated heterocycles. The molecule has 0 spiro atoms. The van der Waals surface area contributed by atoms with E-state index >= 15 is 0 Å². The monoisotopic (exact) mass is 264 g/mol. The van der Waals surface area contributed by atoms with Gasteiger partial charge in [-0.2, -0.15) is 9.97 Å². The maximum Gasteiger partial charge on any atom is 0.225 e. The smallest absolute Gasteiger partial charge is 0.225 e. The summed E-state index contributed by atoms with van der Waals surface area (Å²) in [6.45, 7) is 3.74. The van der Waals surface area contributed by atoms with Gasteiger partial charge in [0.1, 0.15) is 5.82 Å². The van der Waals surface area contributed by atoms with Crippen molar-refractivity contribution in [2.75, 3.05) is 24.3 Å². The number of methoxy groups -OCH3 is 1. The lowest BCUT2D eigenvalue weighted by atomic mass is 10.4. The molecule has 96 valence electrons. The fourth-order valence-corrected chi connectivity index (χ4v) is 2.36. The number of hydrogen-bond acceptors (Lipinski definition) is 6. The summed E-state index contributed by atoms with van der Waals surface area (Å²) in [6.07, 6.45) is 0. The first-order valence-electron chi connectivity index (χ1n) is 5.68. The summed E-state index contributed by atoms with van der Waals surface area (Å²) in [5.74, 6) is 1.51. The van der Waals surface area contributed by atoms with Crippen molar-refractivity contribution in [1.29, 1.82) is 0 Å². The van der Waals surface area contributed by atoms with E-state index in [-0.39, 0.29) is 5.95 Å². The van der Waals surface area contributed by atoms with Gasteiger partial charge in [0, 0.05) is 17.5 Å². The summed E-state index contributed by atoms with van der Waals surface area (Å²) in [7, 11) is 1.57. The molecule has 0 aliphatic carbocycles. The number of nitrogen functional groups attached to an aromatic ring is 1. The van der Waals surface area contributed by atoms with Crippen LogP contribution in [0.2, 0.25) is 0 Å². The summed E-state index contributed by atoms with van der Waals surface area (Å²) in [5.41, 5.74) is 5.67. The van der Waals surface area contributed by atoms with Gasteiger partial charge in [-0.1, -0.05) is 6.07 Å². The largest absolute Gasteiger partial charge is 0.481 e. The van der Waals surface area contributed by atoms with E-state index in [1.54, 1.807) is 24.5 Å². The standard InChI is InChI=1S/C12H16N4OS/c1-3-16(8-9-5-4-6-18-9)10-7-11(17-2)15-12(13)14-10/h4-7H,3,8H2,1-2H3,(H2,13,14,15). The molecule has 0 aliphatic rings. The van der Waals surface area contributed by atoms with Crippen LogP contribution in [0.1, 0.15) is 11.8 Å². The van der Waals surface area contributed by atoms with Crippen molar-refractivity contribution in [3.63, 3.8) is 0 Å². The topological polar surface area (TPSA) is 64.3 Å². The average molecular weight is 264 g/mol. The maximum absolute atomic E-state index is 5.67. The Morgan fingerprint density at radius 3 is 2.89 bits per heavy atom.